The molecule has 31 heavy (non-hydrogen) atoms. The van der Waals surface area contributed by atoms with Crippen LogP contribution in [0.15, 0.2) is 48.5 Å². The van der Waals surface area contributed by atoms with Crippen molar-refractivity contribution in [2.75, 3.05) is 16.8 Å². The fraction of sp³-hybridized carbons (Fsp3) is 0.375. The van der Waals surface area contributed by atoms with Gasteiger partial charge in [0.2, 0.25) is 5.91 Å². The van der Waals surface area contributed by atoms with E-state index in [0.29, 0.717) is 17.1 Å². The van der Waals surface area contributed by atoms with E-state index in [1.54, 1.807) is 31.2 Å². The third-order valence-electron chi connectivity index (χ3n) is 5.04. The van der Waals surface area contributed by atoms with Crippen LogP contribution in [0.25, 0.3) is 0 Å². The molecule has 1 N–H and O–H groups in total. The van der Waals surface area contributed by atoms with Crippen molar-refractivity contribution < 1.29 is 23.9 Å². The fourth-order valence-corrected chi connectivity index (χ4v) is 3.26. The Balaban J connectivity index is 1.62. The van der Waals surface area contributed by atoms with Gasteiger partial charge in [0.25, 0.3) is 5.91 Å². The first-order valence-electron chi connectivity index (χ1n) is 10.2. The normalized spacial score (nSPS) is 15.4. The average molecular weight is 424 g/mol. The van der Waals surface area contributed by atoms with Crippen LogP contribution >= 0.6 is 0 Å². The molecule has 1 heterocycles. The molecule has 0 aliphatic carbocycles. The second-order valence-corrected chi connectivity index (χ2v) is 8.60. The van der Waals surface area contributed by atoms with E-state index in [2.05, 4.69) is 26.1 Å². The number of carbonyl (C=O) groups excluding carboxylic acids is 3. The Morgan fingerprint density at radius 1 is 1.00 bits per heavy atom. The molecule has 3 rings (SSSR count). The molecule has 0 bridgehead atoms. The summed E-state index contributed by atoms with van der Waals surface area (Å²) in [7, 11) is 0. The Bertz CT molecular complexity index is 978. The molecule has 7 heteroatoms. The number of nitrogens with zero attached hydrogens (tertiary/aromatic N) is 1. The lowest BCUT2D eigenvalue weighted by molar-refractivity contribution is -0.160. The van der Waals surface area contributed by atoms with Gasteiger partial charge in [-0.1, -0.05) is 45.0 Å². The van der Waals surface area contributed by atoms with Crippen molar-refractivity contribution in [2.24, 2.45) is 0 Å². The molecule has 1 aliphatic rings. The summed E-state index contributed by atoms with van der Waals surface area (Å²) in [6.45, 7) is 9.27. The summed E-state index contributed by atoms with van der Waals surface area (Å²) in [5.41, 5.74) is 2.28. The van der Waals surface area contributed by atoms with Crippen LogP contribution in [0.2, 0.25) is 0 Å². The first kappa shape index (κ1) is 22.3. The Labute approximate surface area is 182 Å². The maximum absolute atomic E-state index is 12.9. The first-order chi connectivity index (χ1) is 14.6. The summed E-state index contributed by atoms with van der Waals surface area (Å²) in [4.78, 5) is 38.6. The van der Waals surface area contributed by atoms with Crippen molar-refractivity contribution in [3.8, 4) is 5.75 Å². The second-order valence-electron chi connectivity index (χ2n) is 8.60. The number of benzene rings is 2. The maximum atomic E-state index is 12.9. The predicted octanol–water partition coefficient (Wildman–Crippen LogP) is 3.67. The molecule has 2 aromatic carbocycles. The number of hydrogen-bond acceptors (Lipinski definition) is 5. The lowest BCUT2D eigenvalue weighted by atomic mass is 9.87. The summed E-state index contributed by atoms with van der Waals surface area (Å²) < 4.78 is 11.0. The zero-order chi connectivity index (χ0) is 22.8. The van der Waals surface area contributed by atoms with Gasteiger partial charge in [-0.3, -0.25) is 14.5 Å². The van der Waals surface area contributed by atoms with Crippen LogP contribution in [0.1, 0.15) is 40.2 Å². The monoisotopic (exact) mass is 424 g/mol. The van der Waals surface area contributed by atoms with E-state index < -0.39 is 24.1 Å². The zero-order valence-electron chi connectivity index (χ0n) is 18.5. The predicted molar refractivity (Wildman–Crippen MR) is 118 cm³/mol. The van der Waals surface area contributed by atoms with E-state index in [4.69, 9.17) is 9.47 Å². The van der Waals surface area contributed by atoms with Crippen LogP contribution in [0, 0.1) is 0 Å². The molecule has 0 radical (unpaired) electrons. The third-order valence-corrected chi connectivity index (χ3v) is 5.04. The highest BCUT2D eigenvalue weighted by Crippen LogP contribution is 2.29. The number of amides is 2. The van der Waals surface area contributed by atoms with Gasteiger partial charge in [-0.05, 0) is 49.1 Å². The highest BCUT2D eigenvalue weighted by Gasteiger charge is 2.32. The zero-order valence-corrected chi connectivity index (χ0v) is 18.5. The van der Waals surface area contributed by atoms with E-state index in [0.717, 1.165) is 5.56 Å². The van der Waals surface area contributed by atoms with Crippen LogP contribution in [0.4, 0.5) is 11.4 Å². The lowest BCUT2D eigenvalue weighted by Gasteiger charge is -2.31. The molecule has 0 fully saturated rings. The maximum Gasteiger partial charge on any atom is 0.347 e. The molecule has 0 unspecified atom stereocenters. The van der Waals surface area contributed by atoms with E-state index >= 15 is 0 Å². The minimum atomic E-state index is -1.07. The molecule has 1 aliphatic heterocycles. The molecule has 0 spiro atoms. The minimum absolute atomic E-state index is 0.0167. The van der Waals surface area contributed by atoms with E-state index in [1.165, 1.54) is 11.8 Å². The highest BCUT2D eigenvalue weighted by molar-refractivity contribution is 6.11. The van der Waals surface area contributed by atoms with Crippen molar-refractivity contribution in [3.63, 3.8) is 0 Å². The molecule has 0 saturated carbocycles. The summed E-state index contributed by atoms with van der Waals surface area (Å²) in [5.74, 6) is -0.896. The Morgan fingerprint density at radius 3 is 2.29 bits per heavy atom. The number of anilines is 2. The molecule has 2 atom stereocenters. The van der Waals surface area contributed by atoms with Gasteiger partial charge >= 0.3 is 5.97 Å². The van der Waals surface area contributed by atoms with Gasteiger partial charge in [0.1, 0.15) is 12.3 Å². The second kappa shape index (κ2) is 8.79. The van der Waals surface area contributed by atoms with Gasteiger partial charge in [0.05, 0.1) is 11.4 Å². The van der Waals surface area contributed by atoms with Gasteiger partial charge in [-0.2, -0.15) is 0 Å². The topological polar surface area (TPSA) is 84.9 Å². The number of fused-ring (bicyclic) bond motifs is 1. The molecular weight excluding hydrogens is 396 g/mol. The van der Waals surface area contributed by atoms with Crippen LogP contribution < -0.4 is 15.0 Å². The van der Waals surface area contributed by atoms with Crippen LogP contribution in [0.5, 0.6) is 5.75 Å². The molecular formula is C24H28N2O5. The smallest absolute Gasteiger partial charge is 0.347 e. The summed E-state index contributed by atoms with van der Waals surface area (Å²) >= 11 is 0. The summed E-state index contributed by atoms with van der Waals surface area (Å²) in [6.07, 6.45) is -1.96. The minimum Gasteiger partial charge on any atom is -0.479 e. The molecule has 0 aromatic heterocycles. The van der Waals surface area contributed by atoms with Crippen molar-refractivity contribution in [2.45, 2.75) is 52.2 Å². The van der Waals surface area contributed by atoms with E-state index in [-0.39, 0.29) is 17.9 Å². The van der Waals surface area contributed by atoms with Crippen molar-refractivity contribution in [1.29, 1.82) is 0 Å². The van der Waals surface area contributed by atoms with E-state index in [9.17, 15) is 14.4 Å². The Kier molecular flexibility index (Phi) is 6.34. The van der Waals surface area contributed by atoms with Gasteiger partial charge in [-0.25, -0.2) is 4.79 Å². The molecule has 2 aromatic rings. The number of para-hydroxylation sites is 2. The van der Waals surface area contributed by atoms with Crippen LogP contribution in [-0.2, 0) is 24.5 Å². The van der Waals surface area contributed by atoms with Crippen molar-refractivity contribution in [1.82, 2.24) is 0 Å². The molecule has 0 saturated heterocycles. The average Bonchev–Trinajstić information content (AvgIpc) is 2.72. The van der Waals surface area contributed by atoms with Gasteiger partial charge in [0, 0.05) is 0 Å². The molecule has 7 nitrogen and oxygen atoms in total. The van der Waals surface area contributed by atoms with Crippen LogP contribution in [-0.4, -0.2) is 36.5 Å². The quantitative estimate of drug-likeness (QED) is 0.741. The first-order valence-corrected chi connectivity index (χ1v) is 10.2. The number of rotatable bonds is 5. The highest BCUT2D eigenvalue weighted by atomic mass is 16.6. The van der Waals surface area contributed by atoms with Gasteiger partial charge < -0.3 is 14.8 Å². The number of nitrogens with one attached hydrogen (secondary N) is 1. The van der Waals surface area contributed by atoms with Crippen molar-refractivity contribution >= 4 is 29.2 Å². The third kappa shape index (κ3) is 5.23. The standard InChI is InChI=1S/C24H28N2O5/c1-15(22(28)26-14-21(27)25-19-8-6-7-9-20(19)26)31-23(29)16(2)30-18-12-10-17(11-13-18)24(3,4)5/h6-13,15-16H,14H2,1-5H3,(H,25,27)/t15-,16-/m0/s1. The van der Waals surface area contributed by atoms with Gasteiger partial charge in [-0.15, -0.1) is 0 Å². The fourth-order valence-electron chi connectivity index (χ4n) is 3.26. The van der Waals surface area contributed by atoms with E-state index in [1.807, 2.05) is 24.3 Å². The summed E-state index contributed by atoms with van der Waals surface area (Å²) in [6, 6.07) is 14.5. The Morgan fingerprint density at radius 2 is 1.65 bits per heavy atom. The lowest BCUT2D eigenvalue weighted by Crippen LogP contribution is -2.47. The number of esters is 1. The van der Waals surface area contributed by atoms with Crippen LogP contribution in [0.3, 0.4) is 0 Å². The van der Waals surface area contributed by atoms with Gasteiger partial charge in [0.15, 0.2) is 12.2 Å². The largest absolute Gasteiger partial charge is 0.479 e. The molecule has 2 amide bonds. The number of carbonyl (C=O) groups is 3. The Hall–Kier alpha value is -3.35. The summed E-state index contributed by atoms with van der Waals surface area (Å²) in [5, 5.41) is 2.72. The number of hydrogen-bond donors (Lipinski definition) is 1. The molecule has 164 valence electrons. The number of ether oxygens (including phenoxy) is 2. The van der Waals surface area contributed by atoms with Crippen molar-refractivity contribution in [3.05, 3.63) is 54.1 Å². The SMILES string of the molecule is C[C@H](Oc1ccc(C(C)(C)C)cc1)C(=O)O[C@@H](C)C(=O)N1CC(=O)Nc2ccccc21.